The summed E-state index contributed by atoms with van der Waals surface area (Å²) in [5.41, 5.74) is 3.25. The van der Waals surface area contributed by atoms with E-state index < -0.39 is 10.0 Å². The van der Waals surface area contributed by atoms with E-state index in [1.165, 1.54) is 12.1 Å². The molecule has 6 heteroatoms. The Morgan fingerprint density at radius 3 is 2.19 bits per heavy atom. The molecular formula is C20H26N2O3S. The molecule has 0 radical (unpaired) electrons. The summed E-state index contributed by atoms with van der Waals surface area (Å²) in [5, 5.41) is 2.79. The standard InChI is InChI=1S/C20H26N2O3S/c1-4-5-6-7-20(23)21-17-10-12-19(13-11-17)26(24,25)22-18-9-8-15(2)16(3)14-18/h8-14,22H,4-7H2,1-3H3,(H,21,23). The summed E-state index contributed by atoms with van der Waals surface area (Å²) in [6.07, 6.45) is 3.42. The quantitative estimate of drug-likeness (QED) is 0.662. The van der Waals surface area contributed by atoms with Crippen molar-refractivity contribution in [3.8, 4) is 0 Å². The third-order valence-electron chi connectivity index (χ3n) is 4.21. The Bertz CT molecular complexity index is 859. The number of carbonyl (C=O) groups excluding carboxylic acids is 1. The highest BCUT2D eigenvalue weighted by Crippen LogP contribution is 2.20. The normalized spacial score (nSPS) is 11.2. The van der Waals surface area contributed by atoms with Crippen LogP contribution in [0.3, 0.4) is 0 Å². The van der Waals surface area contributed by atoms with Crippen molar-refractivity contribution in [1.82, 2.24) is 0 Å². The van der Waals surface area contributed by atoms with Gasteiger partial charge in [-0.3, -0.25) is 9.52 Å². The van der Waals surface area contributed by atoms with E-state index in [0.717, 1.165) is 30.4 Å². The van der Waals surface area contributed by atoms with Gasteiger partial charge in [-0.05, 0) is 67.8 Å². The molecular weight excluding hydrogens is 348 g/mol. The molecule has 0 unspecified atom stereocenters. The van der Waals surface area contributed by atoms with E-state index in [4.69, 9.17) is 0 Å². The van der Waals surface area contributed by atoms with E-state index in [2.05, 4.69) is 17.0 Å². The van der Waals surface area contributed by atoms with E-state index in [9.17, 15) is 13.2 Å². The monoisotopic (exact) mass is 374 g/mol. The zero-order valence-electron chi connectivity index (χ0n) is 15.5. The molecule has 2 rings (SSSR count). The maximum absolute atomic E-state index is 12.5. The Balaban J connectivity index is 2.03. The van der Waals surface area contributed by atoms with E-state index >= 15 is 0 Å². The molecule has 0 fully saturated rings. The Kier molecular flexibility index (Phi) is 6.80. The molecule has 1 amide bonds. The molecule has 0 bridgehead atoms. The topological polar surface area (TPSA) is 75.3 Å². The number of aryl methyl sites for hydroxylation is 2. The van der Waals surface area contributed by atoms with Crippen LogP contribution in [0.15, 0.2) is 47.4 Å². The molecule has 2 N–H and O–H groups in total. The number of nitrogens with one attached hydrogen (secondary N) is 2. The smallest absolute Gasteiger partial charge is 0.261 e. The van der Waals surface area contributed by atoms with Gasteiger partial charge in [0, 0.05) is 17.8 Å². The van der Waals surface area contributed by atoms with Crippen LogP contribution in [0.2, 0.25) is 0 Å². The second-order valence-corrected chi connectivity index (χ2v) is 8.12. The van der Waals surface area contributed by atoms with Gasteiger partial charge >= 0.3 is 0 Å². The lowest BCUT2D eigenvalue weighted by Gasteiger charge is -2.11. The van der Waals surface area contributed by atoms with E-state index in [1.807, 2.05) is 19.9 Å². The number of benzene rings is 2. The second kappa shape index (κ2) is 8.85. The summed E-state index contributed by atoms with van der Waals surface area (Å²) in [4.78, 5) is 12.0. The lowest BCUT2D eigenvalue weighted by molar-refractivity contribution is -0.116. The zero-order valence-corrected chi connectivity index (χ0v) is 16.3. The molecule has 5 nitrogen and oxygen atoms in total. The van der Waals surface area contributed by atoms with E-state index in [1.54, 1.807) is 24.3 Å². The maximum atomic E-state index is 12.5. The fourth-order valence-corrected chi connectivity index (χ4v) is 3.54. The fourth-order valence-electron chi connectivity index (χ4n) is 2.50. The maximum Gasteiger partial charge on any atom is 0.261 e. The highest BCUT2D eigenvalue weighted by atomic mass is 32.2. The number of hydrogen-bond donors (Lipinski definition) is 2. The predicted octanol–water partition coefficient (Wildman–Crippen LogP) is 4.62. The Hall–Kier alpha value is -2.34. The first-order valence-electron chi connectivity index (χ1n) is 8.82. The number of hydrogen-bond acceptors (Lipinski definition) is 3. The molecule has 0 aliphatic rings. The summed E-state index contributed by atoms with van der Waals surface area (Å²) >= 11 is 0. The lowest BCUT2D eigenvalue weighted by atomic mass is 10.1. The van der Waals surface area contributed by atoms with Crippen LogP contribution < -0.4 is 10.0 Å². The van der Waals surface area contributed by atoms with Gasteiger partial charge in [0.1, 0.15) is 0 Å². The minimum absolute atomic E-state index is 0.0534. The molecule has 2 aromatic rings. The van der Waals surface area contributed by atoms with Crippen molar-refractivity contribution in [2.24, 2.45) is 0 Å². The average molecular weight is 375 g/mol. The van der Waals surface area contributed by atoms with Crippen molar-refractivity contribution >= 4 is 27.3 Å². The van der Waals surface area contributed by atoms with Crippen molar-refractivity contribution in [3.63, 3.8) is 0 Å². The molecule has 0 saturated heterocycles. The van der Waals surface area contributed by atoms with Gasteiger partial charge < -0.3 is 5.32 Å². The first kappa shape index (κ1) is 20.0. The minimum Gasteiger partial charge on any atom is -0.326 e. The second-order valence-electron chi connectivity index (χ2n) is 6.43. The number of sulfonamides is 1. The zero-order chi connectivity index (χ0) is 19.2. The van der Waals surface area contributed by atoms with Crippen molar-refractivity contribution in [1.29, 1.82) is 0 Å². The molecule has 0 aliphatic heterocycles. The van der Waals surface area contributed by atoms with Crippen molar-refractivity contribution < 1.29 is 13.2 Å². The highest BCUT2D eigenvalue weighted by molar-refractivity contribution is 7.92. The Morgan fingerprint density at radius 2 is 1.58 bits per heavy atom. The van der Waals surface area contributed by atoms with E-state index in [0.29, 0.717) is 17.8 Å². The SMILES string of the molecule is CCCCCC(=O)Nc1ccc(S(=O)(=O)Nc2ccc(C)c(C)c2)cc1. The van der Waals surface area contributed by atoms with E-state index in [-0.39, 0.29) is 10.8 Å². The van der Waals surface area contributed by atoms with Gasteiger partial charge in [0.05, 0.1) is 4.90 Å². The van der Waals surface area contributed by atoms with Gasteiger partial charge in [-0.1, -0.05) is 25.8 Å². The van der Waals surface area contributed by atoms with Crippen LogP contribution >= 0.6 is 0 Å². The number of unbranched alkanes of at least 4 members (excludes halogenated alkanes) is 2. The molecule has 140 valence electrons. The number of carbonyl (C=O) groups is 1. The van der Waals surface area contributed by atoms with Crippen molar-refractivity contribution in [3.05, 3.63) is 53.6 Å². The van der Waals surface area contributed by atoms with Crippen LogP contribution in [0.4, 0.5) is 11.4 Å². The molecule has 0 aromatic heterocycles. The summed E-state index contributed by atoms with van der Waals surface area (Å²) < 4.78 is 27.6. The molecule has 0 aliphatic carbocycles. The summed E-state index contributed by atoms with van der Waals surface area (Å²) in [7, 11) is -3.67. The van der Waals surface area contributed by atoms with Crippen LogP contribution in [0.1, 0.15) is 43.7 Å². The molecule has 0 heterocycles. The van der Waals surface area contributed by atoms with Gasteiger partial charge in [0.15, 0.2) is 0 Å². The fraction of sp³-hybridized carbons (Fsp3) is 0.350. The molecule has 0 atom stereocenters. The van der Waals surface area contributed by atoms with Crippen LogP contribution in [-0.4, -0.2) is 14.3 Å². The van der Waals surface area contributed by atoms with Crippen LogP contribution in [0, 0.1) is 13.8 Å². The van der Waals surface area contributed by atoms with Gasteiger partial charge in [-0.2, -0.15) is 0 Å². The Labute approximate surface area is 155 Å². The molecule has 26 heavy (non-hydrogen) atoms. The van der Waals surface area contributed by atoms with Gasteiger partial charge in [0.25, 0.3) is 10.0 Å². The minimum atomic E-state index is -3.67. The molecule has 0 saturated carbocycles. The average Bonchev–Trinajstić information content (AvgIpc) is 2.59. The summed E-state index contributed by atoms with van der Waals surface area (Å²) in [6.45, 7) is 6.00. The van der Waals surface area contributed by atoms with Gasteiger partial charge in [-0.15, -0.1) is 0 Å². The number of rotatable bonds is 8. The highest BCUT2D eigenvalue weighted by Gasteiger charge is 2.14. The van der Waals surface area contributed by atoms with Gasteiger partial charge in [0.2, 0.25) is 5.91 Å². The van der Waals surface area contributed by atoms with Crippen molar-refractivity contribution in [2.75, 3.05) is 10.0 Å². The largest absolute Gasteiger partial charge is 0.326 e. The van der Waals surface area contributed by atoms with Crippen molar-refractivity contribution in [2.45, 2.75) is 51.3 Å². The van der Waals surface area contributed by atoms with Crippen LogP contribution in [-0.2, 0) is 14.8 Å². The lowest BCUT2D eigenvalue weighted by Crippen LogP contribution is -2.14. The molecule has 2 aromatic carbocycles. The summed E-state index contributed by atoms with van der Waals surface area (Å²) in [5.74, 6) is -0.0534. The first-order valence-corrected chi connectivity index (χ1v) is 10.3. The van der Waals surface area contributed by atoms with Crippen LogP contribution in [0.5, 0.6) is 0 Å². The predicted molar refractivity (Wildman–Crippen MR) is 106 cm³/mol. The summed E-state index contributed by atoms with van der Waals surface area (Å²) in [6, 6.07) is 11.6. The van der Waals surface area contributed by atoms with Gasteiger partial charge in [-0.25, -0.2) is 8.42 Å². The number of amides is 1. The number of anilines is 2. The Morgan fingerprint density at radius 1 is 0.923 bits per heavy atom. The third kappa shape index (κ3) is 5.59. The first-order chi connectivity index (χ1) is 12.3. The molecule has 0 spiro atoms. The third-order valence-corrected chi connectivity index (χ3v) is 5.61. The van der Waals surface area contributed by atoms with Crippen LogP contribution in [0.25, 0.3) is 0 Å².